The average Bonchev–Trinajstić information content (AvgIpc) is 3.06. The second kappa shape index (κ2) is 10.1. The van der Waals surface area contributed by atoms with Crippen LogP contribution in [0, 0.1) is 11.8 Å². The zero-order valence-electron chi connectivity index (χ0n) is 22.5. The number of hydrogen-bond acceptors (Lipinski definition) is 3. The summed E-state index contributed by atoms with van der Waals surface area (Å²) in [7, 11) is 0. The van der Waals surface area contributed by atoms with Gasteiger partial charge in [0.05, 0.1) is 5.54 Å². The van der Waals surface area contributed by atoms with Gasteiger partial charge in [-0.05, 0) is 75.2 Å². The molecule has 1 heterocycles. The number of benzene rings is 1. The molecule has 0 aromatic heterocycles. The van der Waals surface area contributed by atoms with Crippen LogP contribution in [0.4, 0.5) is 4.79 Å². The fraction of sp³-hybridized carbons (Fsp3) is 0.690. The first-order chi connectivity index (χ1) is 17.0. The van der Waals surface area contributed by atoms with Gasteiger partial charge in [0.25, 0.3) is 0 Å². The molecule has 36 heavy (non-hydrogen) atoms. The number of urea groups is 1. The fourth-order valence-corrected chi connectivity index (χ4v) is 6.65. The third-order valence-corrected chi connectivity index (χ3v) is 9.60. The van der Waals surface area contributed by atoms with E-state index in [9.17, 15) is 14.4 Å². The molecule has 4 rings (SSSR count). The summed E-state index contributed by atoms with van der Waals surface area (Å²) in [5.74, 6) is 0.166. The molecule has 1 aliphatic heterocycles. The molecule has 1 spiro atoms. The van der Waals surface area contributed by atoms with Crippen LogP contribution in [-0.4, -0.2) is 58.4 Å². The predicted octanol–water partition coefficient (Wildman–Crippen LogP) is 4.20. The molecule has 0 radical (unpaired) electrons. The van der Waals surface area contributed by atoms with E-state index >= 15 is 0 Å². The van der Waals surface area contributed by atoms with Gasteiger partial charge in [-0.25, -0.2) is 4.79 Å². The lowest BCUT2D eigenvalue weighted by atomic mass is 9.58. The topological polar surface area (TPSA) is 95.7 Å². The number of nitrogens with zero attached hydrogens (tertiary/aromatic N) is 2. The van der Waals surface area contributed by atoms with Crippen molar-refractivity contribution >= 4 is 17.8 Å². The van der Waals surface area contributed by atoms with Gasteiger partial charge in [0, 0.05) is 13.1 Å². The van der Waals surface area contributed by atoms with Crippen LogP contribution in [0.25, 0.3) is 0 Å². The summed E-state index contributed by atoms with van der Waals surface area (Å²) < 4.78 is 0. The summed E-state index contributed by atoms with van der Waals surface area (Å²) in [6.45, 7) is 9.11. The van der Waals surface area contributed by atoms with Gasteiger partial charge < -0.3 is 20.9 Å². The predicted molar refractivity (Wildman–Crippen MR) is 141 cm³/mol. The van der Waals surface area contributed by atoms with Crippen LogP contribution in [0.5, 0.6) is 0 Å². The van der Waals surface area contributed by atoms with E-state index in [1.54, 1.807) is 18.7 Å². The van der Waals surface area contributed by atoms with Gasteiger partial charge in [-0.15, -0.1) is 0 Å². The van der Waals surface area contributed by atoms with Crippen molar-refractivity contribution in [3.8, 4) is 0 Å². The van der Waals surface area contributed by atoms with Crippen molar-refractivity contribution in [2.75, 3.05) is 19.6 Å². The lowest BCUT2D eigenvalue weighted by molar-refractivity contribution is -0.130. The number of carbonyl (C=O) groups excluding carboxylic acids is 3. The Kier molecular flexibility index (Phi) is 7.40. The van der Waals surface area contributed by atoms with Crippen LogP contribution in [0.2, 0.25) is 0 Å². The minimum Gasteiger partial charge on any atom is -0.368 e. The van der Waals surface area contributed by atoms with Gasteiger partial charge in [0.15, 0.2) is 0 Å². The number of carbonyl (C=O) groups is 3. The molecule has 1 aromatic rings. The number of rotatable bonds is 9. The Morgan fingerprint density at radius 2 is 1.78 bits per heavy atom. The Balaban J connectivity index is 1.55. The first-order valence-corrected chi connectivity index (χ1v) is 13.8. The van der Waals surface area contributed by atoms with Crippen molar-refractivity contribution in [3.05, 3.63) is 35.9 Å². The molecule has 3 fully saturated rings. The Labute approximate surface area is 216 Å². The van der Waals surface area contributed by atoms with Crippen LogP contribution < -0.4 is 11.1 Å². The van der Waals surface area contributed by atoms with Crippen LogP contribution in [0.15, 0.2) is 30.3 Å². The first-order valence-electron chi connectivity index (χ1n) is 13.8. The molecule has 7 heteroatoms. The maximum atomic E-state index is 13.7. The maximum absolute atomic E-state index is 13.7. The zero-order chi connectivity index (χ0) is 26.1. The molecule has 4 amide bonds. The summed E-state index contributed by atoms with van der Waals surface area (Å²) in [5.41, 5.74) is 5.56. The number of hydrogen-bond donors (Lipinski definition) is 2. The Morgan fingerprint density at radius 1 is 1.14 bits per heavy atom. The van der Waals surface area contributed by atoms with E-state index in [1.165, 1.54) is 24.8 Å². The highest BCUT2D eigenvalue weighted by atomic mass is 16.2. The highest BCUT2D eigenvalue weighted by Gasteiger charge is 2.55. The molecule has 3 aliphatic rings. The van der Waals surface area contributed by atoms with E-state index in [0.29, 0.717) is 18.4 Å². The van der Waals surface area contributed by atoms with Crippen molar-refractivity contribution in [3.63, 3.8) is 0 Å². The molecule has 1 saturated heterocycles. The van der Waals surface area contributed by atoms with Crippen molar-refractivity contribution in [1.29, 1.82) is 0 Å². The molecule has 1 aromatic carbocycles. The normalized spacial score (nSPS) is 27.7. The lowest BCUT2D eigenvalue weighted by Crippen LogP contribution is -2.55. The summed E-state index contributed by atoms with van der Waals surface area (Å²) >= 11 is 0. The monoisotopic (exact) mass is 496 g/mol. The molecule has 2 saturated carbocycles. The van der Waals surface area contributed by atoms with Crippen molar-refractivity contribution < 1.29 is 14.4 Å². The number of nitrogens with two attached hydrogens (primary N) is 1. The fourth-order valence-electron chi connectivity index (χ4n) is 6.65. The number of amides is 4. The van der Waals surface area contributed by atoms with E-state index in [4.69, 9.17) is 5.73 Å². The van der Waals surface area contributed by atoms with E-state index in [-0.39, 0.29) is 29.4 Å². The SMILES string of the molecule is CCC(C)C1(c2ccccc2)CCC2(CC1)CN(CC(=O)NC(C)(C)C(N)=O)C(=O)N2CC1CCC1. The molecule has 3 N–H and O–H groups in total. The van der Waals surface area contributed by atoms with Crippen molar-refractivity contribution in [1.82, 2.24) is 15.1 Å². The van der Waals surface area contributed by atoms with Gasteiger partial charge in [-0.3, -0.25) is 9.59 Å². The molecular formula is C29H44N4O3. The summed E-state index contributed by atoms with van der Waals surface area (Å²) in [6, 6.07) is 10.9. The van der Waals surface area contributed by atoms with Crippen molar-refractivity contribution in [2.45, 2.75) is 95.6 Å². The molecule has 7 nitrogen and oxygen atoms in total. The molecule has 1 atom stereocenters. The van der Waals surface area contributed by atoms with E-state index in [2.05, 4.69) is 54.4 Å². The van der Waals surface area contributed by atoms with Gasteiger partial charge in [-0.2, -0.15) is 0 Å². The largest absolute Gasteiger partial charge is 0.368 e. The van der Waals surface area contributed by atoms with Crippen LogP contribution in [0.1, 0.15) is 84.6 Å². The highest BCUT2D eigenvalue weighted by molar-refractivity contribution is 5.92. The van der Waals surface area contributed by atoms with Gasteiger partial charge in [-0.1, -0.05) is 57.0 Å². The molecular weight excluding hydrogens is 452 g/mol. The summed E-state index contributed by atoms with van der Waals surface area (Å²) in [4.78, 5) is 42.0. The van der Waals surface area contributed by atoms with Crippen LogP contribution >= 0.6 is 0 Å². The van der Waals surface area contributed by atoms with E-state index in [0.717, 1.165) is 38.6 Å². The van der Waals surface area contributed by atoms with E-state index in [1.807, 2.05) is 0 Å². The summed E-state index contributed by atoms with van der Waals surface area (Å²) in [5, 5.41) is 2.70. The zero-order valence-corrected chi connectivity index (χ0v) is 22.5. The van der Waals surface area contributed by atoms with Crippen molar-refractivity contribution in [2.24, 2.45) is 17.6 Å². The van der Waals surface area contributed by atoms with Crippen LogP contribution in [-0.2, 0) is 15.0 Å². The quantitative estimate of drug-likeness (QED) is 0.536. The van der Waals surface area contributed by atoms with Gasteiger partial charge in [0.1, 0.15) is 12.1 Å². The third-order valence-electron chi connectivity index (χ3n) is 9.60. The highest BCUT2D eigenvalue weighted by Crippen LogP contribution is 2.52. The smallest absolute Gasteiger partial charge is 0.321 e. The molecule has 1 unspecified atom stereocenters. The summed E-state index contributed by atoms with van der Waals surface area (Å²) in [6.07, 6.45) is 8.66. The first kappa shape index (κ1) is 26.5. The Hall–Kier alpha value is -2.57. The van der Waals surface area contributed by atoms with E-state index < -0.39 is 11.4 Å². The maximum Gasteiger partial charge on any atom is 0.321 e. The van der Waals surface area contributed by atoms with Crippen LogP contribution in [0.3, 0.4) is 0 Å². The lowest BCUT2D eigenvalue weighted by Gasteiger charge is -2.51. The average molecular weight is 497 g/mol. The standard InChI is InChI=1S/C29H44N4O3/c1-5-21(2)29(23-12-7-6-8-13-23)16-14-28(15-17-29)20-32(19-24(34)31-27(3,4)25(30)35)26(36)33(28)18-22-10-9-11-22/h6-8,12-13,21-22H,5,9-11,14-20H2,1-4H3,(H2,30,35)(H,31,34). The van der Waals surface area contributed by atoms with Gasteiger partial charge >= 0.3 is 6.03 Å². The molecule has 198 valence electrons. The van der Waals surface area contributed by atoms with Gasteiger partial charge in [0.2, 0.25) is 11.8 Å². The molecule has 2 aliphatic carbocycles. The number of nitrogens with one attached hydrogen (secondary N) is 1. The Bertz CT molecular complexity index is 964. The second-order valence-electron chi connectivity index (χ2n) is 12.1. The minimum absolute atomic E-state index is 0.0373. The molecule has 0 bridgehead atoms. The Morgan fingerprint density at radius 3 is 2.31 bits per heavy atom. The third kappa shape index (κ3) is 4.85. The number of primary amides is 1. The minimum atomic E-state index is -1.15. The second-order valence-corrected chi connectivity index (χ2v) is 12.1.